The molecule has 2 unspecified atom stereocenters. The van der Waals surface area contributed by atoms with Crippen LogP contribution in [0.5, 0.6) is 0 Å². The number of ether oxygens (including phenoxy) is 1. The van der Waals surface area contributed by atoms with Crippen molar-refractivity contribution in [2.24, 2.45) is 5.92 Å². The minimum atomic E-state index is -0.457. The Labute approximate surface area is 107 Å². The van der Waals surface area contributed by atoms with E-state index in [1.165, 1.54) is 12.6 Å². The molecule has 0 aromatic carbocycles. The molecule has 0 spiro atoms. The van der Waals surface area contributed by atoms with Crippen LogP contribution in [0.1, 0.15) is 55.2 Å². The molecule has 5 nitrogen and oxygen atoms in total. The lowest BCUT2D eigenvalue weighted by molar-refractivity contribution is 0.0526. The molecular weight excluding hydrogens is 230 g/mol. The highest BCUT2D eigenvalue weighted by Crippen LogP contribution is 2.36. The van der Waals surface area contributed by atoms with Gasteiger partial charge >= 0.3 is 5.97 Å². The summed E-state index contributed by atoms with van der Waals surface area (Å²) in [7, 11) is 0. The number of nitrogens with two attached hydrogens (primary N) is 1. The Hall–Kier alpha value is -1.65. The van der Waals surface area contributed by atoms with Crippen LogP contribution in [-0.4, -0.2) is 22.5 Å². The van der Waals surface area contributed by atoms with Gasteiger partial charge in [0.1, 0.15) is 17.2 Å². The molecular formula is C13H19N3O2. The summed E-state index contributed by atoms with van der Waals surface area (Å²) in [6, 6.07) is 0. The van der Waals surface area contributed by atoms with E-state index in [9.17, 15) is 4.79 Å². The second-order valence-electron chi connectivity index (χ2n) is 4.86. The summed E-state index contributed by atoms with van der Waals surface area (Å²) in [6.45, 7) is 4.31. The number of aromatic nitrogens is 2. The Bertz CT molecular complexity index is 448. The number of hydrogen-bond donors (Lipinski definition) is 1. The topological polar surface area (TPSA) is 78.1 Å². The highest BCUT2D eigenvalue weighted by atomic mass is 16.5. The van der Waals surface area contributed by atoms with Gasteiger partial charge in [0.05, 0.1) is 6.61 Å². The normalized spacial score (nSPS) is 23.0. The van der Waals surface area contributed by atoms with Crippen LogP contribution in [0.2, 0.25) is 0 Å². The van der Waals surface area contributed by atoms with Crippen molar-refractivity contribution < 1.29 is 9.53 Å². The van der Waals surface area contributed by atoms with Crippen molar-refractivity contribution in [1.29, 1.82) is 0 Å². The maximum Gasteiger partial charge on any atom is 0.343 e. The van der Waals surface area contributed by atoms with Crippen LogP contribution in [0.15, 0.2) is 6.20 Å². The van der Waals surface area contributed by atoms with Crippen molar-refractivity contribution in [3.05, 3.63) is 17.6 Å². The third-order valence-corrected chi connectivity index (χ3v) is 3.39. The standard InChI is InChI=1S/C13H19N3O2/c1-3-18-13(17)10-7-15-12(16-11(10)14)9-5-4-8(2)6-9/h7-9H,3-6H2,1-2H3,(H2,14,15,16). The van der Waals surface area contributed by atoms with Gasteiger partial charge in [-0.1, -0.05) is 6.92 Å². The molecule has 0 bridgehead atoms. The summed E-state index contributed by atoms with van der Waals surface area (Å²) in [5.74, 6) is 1.60. The van der Waals surface area contributed by atoms with Gasteiger partial charge in [0, 0.05) is 12.1 Å². The third kappa shape index (κ3) is 2.60. The zero-order valence-electron chi connectivity index (χ0n) is 10.8. The predicted octanol–water partition coefficient (Wildman–Crippen LogP) is 2.14. The Morgan fingerprint density at radius 1 is 1.56 bits per heavy atom. The van der Waals surface area contributed by atoms with Crippen LogP contribution >= 0.6 is 0 Å². The molecule has 2 rings (SSSR count). The lowest BCUT2D eigenvalue weighted by Crippen LogP contribution is -2.12. The molecule has 1 aromatic heterocycles. The van der Waals surface area contributed by atoms with E-state index in [0.717, 1.165) is 18.7 Å². The first-order chi connectivity index (χ1) is 8.61. The monoisotopic (exact) mass is 249 g/mol. The zero-order chi connectivity index (χ0) is 13.1. The number of esters is 1. The number of hydrogen-bond acceptors (Lipinski definition) is 5. The molecule has 0 radical (unpaired) electrons. The average molecular weight is 249 g/mol. The lowest BCUT2D eigenvalue weighted by Gasteiger charge is -2.10. The number of nitrogen functional groups attached to an aromatic ring is 1. The lowest BCUT2D eigenvalue weighted by atomic mass is 10.1. The minimum absolute atomic E-state index is 0.220. The number of carbonyl (C=O) groups excluding carboxylic acids is 1. The third-order valence-electron chi connectivity index (χ3n) is 3.39. The van der Waals surface area contributed by atoms with Crippen molar-refractivity contribution in [2.45, 2.75) is 39.0 Å². The molecule has 0 aliphatic heterocycles. The summed E-state index contributed by atoms with van der Waals surface area (Å²) in [5.41, 5.74) is 6.06. The van der Waals surface area contributed by atoms with Gasteiger partial charge in [-0.3, -0.25) is 0 Å². The van der Waals surface area contributed by atoms with Gasteiger partial charge in [0.2, 0.25) is 0 Å². The number of nitrogens with zero attached hydrogens (tertiary/aromatic N) is 2. The predicted molar refractivity (Wildman–Crippen MR) is 68.2 cm³/mol. The number of carbonyl (C=O) groups is 1. The molecule has 98 valence electrons. The van der Waals surface area contributed by atoms with Crippen LogP contribution in [0.4, 0.5) is 5.82 Å². The number of rotatable bonds is 3. The fraction of sp³-hybridized carbons (Fsp3) is 0.615. The summed E-state index contributed by atoms with van der Waals surface area (Å²) < 4.78 is 4.89. The van der Waals surface area contributed by atoms with Crippen molar-refractivity contribution in [3.8, 4) is 0 Å². The van der Waals surface area contributed by atoms with Gasteiger partial charge in [-0.15, -0.1) is 0 Å². The smallest absolute Gasteiger partial charge is 0.343 e. The van der Waals surface area contributed by atoms with Crippen LogP contribution in [0.25, 0.3) is 0 Å². The maximum absolute atomic E-state index is 11.6. The van der Waals surface area contributed by atoms with Crippen LogP contribution in [0.3, 0.4) is 0 Å². The highest BCUT2D eigenvalue weighted by Gasteiger charge is 2.26. The second kappa shape index (κ2) is 5.33. The number of anilines is 1. The molecule has 2 atom stereocenters. The van der Waals surface area contributed by atoms with Gasteiger partial charge < -0.3 is 10.5 Å². The average Bonchev–Trinajstić information content (AvgIpc) is 2.76. The van der Waals surface area contributed by atoms with E-state index in [0.29, 0.717) is 18.4 Å². The van der Waals surface area contributed by atoms with Crippen molar-refractivity contribution >= 4 is 11.8 Å². The van der Waals surface area contributed by atoms with Gasteiger partial charge in [-0.2, -0.15) is 0 Å². The molecule has 2 N–H and O–H groups in total. The molecule has 1 aromatic rings. The molecule has 0 saturated heterocycles. The van der Waals surface area contributed by atoms with Crippen LogP contribution in [0, 0.1) is 5.92 Å². The van der Waals surface area contributed by atoms with E-state index in [1.807, 2.05) is 0 Å². The SMILES string of the molecule is CCOC(=O)c1cnc(C2CCC(C)C2)nc1N. The van der Waals surface area contributed by atoms with E-state index >= 15 is 0 Å². The van der Waals surface area contributed by atoms with Crippen molar-refractivity contribution in [3.63, 3.8) is 0 Å². The first-order valence-corrected chi connectivity index (χ1v) is 6.41. The fourth-order valence-electron chi connectivity index (χ4n) is 2.41. The van der Waals surface area contributed by atoms with Gasteiger partial charge in [-0.05, 0) is 32.1 Å². The highest BCUT2D eigenvalue weighted by molar-refractivity contribution is 5.93. The van der Waals surface area contributed by atoms with Crippen molar-refractivity contribution in [2.75, 3.05) is 12.3 Å². The molecule has 0 amide bonds. The van der Waals surface area contributed by atoms with Gasteiger partial charge in [0.15, 0.2) is 0 Å². The summed E-state index contributed by atoms with van der Waals surface area (Å²) >= 11 is 0. The van der Waals surface area contributed by atoms with Crippen LogP contribution < -0.4 is 5.73 Å². The van der Waals surface area contributed by atoms with E-state index < -0.39 is 5.97 Å². The van der Waals surface area contributed by atoms with Crippen molar-refractivity contribution in [1.82, 2.24) is 9.97 Å². The molecule has 1 saturated carbocycles. The summed E-state index contributed by atoms with van der Waals surface area (Å²) in [5, 5.41) is 0. The Morgan fingerprint density at radius 3 is 2.89 bits per heavy atom. The first kappa shape index (κ1) is 12.8. The Morgan fingerprint density at radius 2 is 2.33 bits per heavy atom. The maximum atomic E-state index is 11.6. The van der Waals surface area contributed by atoms with E-state index in [1.54, 1.807) is 6.92 Å². The molecule has 1 fully saturated rings. The zero-order valence-corrected chi connectivity index (χ0v) is 10.8. The van der Waals surface area contributed by atoms with Crippen LogP contribution in [-0.2, 0) is 4.74 Å². The largest absolute Gasteiger partial charge is 0.462 e. The molecule has 5 heteroatoms. The Kier molecular flexibility index (Phi) is 3.79. The van der Waals surface area contributed by atoms with E-state index in [-0.39, 0.29) is 11.4 Å². The Balaban J connectivity index is 2.17. The summed E-state index contributed by atoms with van der Waals surface area (Å²) in [6.07, 6.45) is 4.88. The van der Waals surface area contributed by atoms with E-state index in [2.05, 4.69) is 16.9 Å². The van der Waals surface area contributed by atoms with E-state index in [4.69, 9.17) is 10.5 Å². The second-order valence-corrected chi connectivity index (χ2v) is 4.86. The molecule has 1 aliphatic rings. The quantitative estimate of drug-likeness (QED) is 0.830. The minimum Gasteiger partial charge on any atom is -0.462 e. The molecule has 1 heterocycles. The molecule has 1 aliphatic carbocycles. The van der Waals surface area contributed by atoms with Gasteiger partial charge in [-0.25, -0.2) is 14.8 Å². The summed E-state index contributed by atoms with van der Waals surface area (Å²) in [4.78, 5) is 20.1. The first-order valence-electron chi connectivity index (χ1n) is 6.41. The van der Waals surface area contributed by atoms with Gasteiger partial charge in [0.25, 0.3) is 0 Å². The fourth-order valence-corrected chi connectivity index (χ4v) is 2.41. The molecule has 18 heavy (non-hydrogen) atoms.